The van der Waals surface area contributed by atoms with Crippen molar-refractivity contribution >= 4 is 15.9 Å². The van der Waals surface area contributed by atoms with E-state index in [1.165, 1.54) is 0 Å². The highest BCUT2D eigenvalue weighted by Crippen LogP contribution is 2.30. The molecule has 2 heterocycles. The summed E-state index contributed by atoms with van der Waals surface area (Å²) in [4.78, 5) is 0. The van der Waals surface area contributed by atoms with Crippen molar-refractivity contribution in [2.75, 3.05) is 6.54 Å². The van der Waals surface area contributed by atoms with Crippen LogP contribution >= 0.6 is 15.9 Å². The summed E-state index contributed by atoms with van der Waals surface area (Å²) >= 11 is 3.51. The topological polar surface area (TPSA) is 51.0 Å². The van der Waals surface area contributed by atoms with Gasteiger partial charge in [0.1, 0.15) is 5.76 Å². The highest BCUT2D eigenvalue weighted by atomic mass is 79.9. The number of hydrogen-bond donors (Lipinski definition) is 1. The van der Waals surface area contributed by atoms with Gasteiger partial charge < -0.3 is 9.73 Å². The summed E-state index contributed by atoms with van der Waals surface area (Å²) in [5.74, 6) is 0.868. The van der Waals surface area contributed by atoms with E-state index in [9.17, 15) is 0 Å². The van der Waals surface area contributed by atoms with Crippen molar-refractivity contribution in [3.8, 4) is 0 Å². The molecule has 0 aliphatic heterocycles. The van der Waals surface area contributed by atoms with Crippen LogP contribution < -0.4 is 5.32 Å². The summed E-state index contributed by atoms with van der Waals surface area (Å²) in [5, 5.41) is 11.7. The fourth-order valence-electron chi connectivity index (χ4n) is 1.92. The Kier molecular flexibility index (Phi) is 4.14. The molecule has 1 N–H and O–H groups in total. The van der Waals surface area contributed by atoms with Gasteiger partial charge in [-0.25, -0.2) is 0 Å². The van der Waals surface area contributed by atoms with Crippen LogP contribution in [0.5, 0.6) is 0 Å². The van der Waals surface area contributed by atoms with E-state index in [2.05, 4.69) is 38.4 Å². The van der Waals surface area contributed by atoms with E-state index in [4.69, 9.17) is 4.42 Å². The second-order valence-electron chi connectivity index (χ2n) is 4.15. The first-order chi connectivity index (χ1) is 8.63. The van der Waals surface area contributed by atoms with Crippen LogP contribution in [-0.4, -0.2) is 16.7 Å². The summed E-state index contributed by atoms with van der Waals surface area (Å²) < 4.78 is 6.53. The fourth-order valence-corrected chi connectivity index (χ4v) is 2.35. The maximum atomic E-state index is 5.57. The number of furan rings is 1. The molecule has 2 aromatic rings. The van der Waals surface area contributed by atoms with E-state index in [1.807, 2.05) is 26.0 Å². The first kappa shape index (κ1) is 13.2. The fraction of sp³-hybridized carbons (Fsp3) is 0.385. The molecule has 0 aliphatic rings. The molecule has 0 bridgehead atoms. The number of aromatic nitrogens is 2. The average Bonchev–Trinajstić information content (AvgIpc) is 2.76. The van der Waals surface area contributed by atoms with Gasteiger partial charge in [0.05, 0.1) is 28.2 Å². The van der Waals surface area contributed by atoms with Crippen molar-refractivity contribution in [1.82, 2.24) is 15.5 Å². The number of halogens is 1. The molecule has 0 spiro atoms. The van der Waals surface area contributed by atoms with E-state index < -0.39 is 0 Å². The summed E-state index contributed by atoms with van der Waals surface area (Å²) in [6.07, 6.45) is 1.68. The van der Waals surface area contributed by atoms with Crippen LogP contribution in [0.2, 0.25) is 0 Å². The maximum Gasteiger partial charge on any atom is 0.139 e. The van der Waals surface area contributed by atoms with Crippen molar-refractivity contribution in [2.45, 2.75) is 26.8 Å². The lowest BCUT2D eigenvalue weighted by molar-refractivity contribution is 0.447. The highest BCUT2D eigenvalue weighted by Gasteiger charge is 2.21. The molecule has 0 radical (unpaired) electrons. The molecule has 0 aromatic carbocycles. The third-order valence-corrected chi connectivity index (χ3v) is 3.42. The summed E-state index contributed by atoms with van der Waals surface area (Å²) in [7, 11) is 0. The minimum Gasteiger partial charge on any atom is -0.466 e. The van der Waals surface area contributed by atoms with Gasteiger partial charge in [-0.05, 0) is 48.5 Å². The van der Waals surface area contributed by atoms with Gasteiger partial charge in [-0.15, -0.1) is 0 Å². The van der Waals surface area contributed by atoms with Gasteiger partial charge >= 0.3 is 0 Å². The molecule has 5 heteroatoms. The Morgan fingerprint density at radius 1 is 1.39 bits per heavy atom. The molecule has 1 atom stereocenters. The van der Waals surface area contributed by atoms with Gasteiger partial charge in [0.2, 0.25) is 0 Å². The van der Waals surface area contributed by atoms with Crippen molar-refractivity contribution in [1.29, 1.82) is 0 Å². The van der Waals surface area contributed by atoms with Crippen LogP contribution in [0.25, 0.3) is 0 Å². The Morgan fingerprint density at radius 2 is 2.17 bits per heavy atom. The van der Waals surface area contributed by atoms with E-state index >= 15 is 0 Å². The van der Waals surface area contributed by atoms with Crippen molar-refractivity contribution in [3.05, 3.63) is 45.6 Å². The van der Waals surface area contributed by atoms with Crippen LogP contribution in [0, 0.1) is 13.8 Å². The molecule has 0 saturated heterocycles. The molecule has 0 fully saturated rings. The molecule has 18 heavy (non-hydrogen) atoms. The van der Waals surface area contributed by atoms with Crippen molar-refractivity contribution < 1.29 is 4.42 Å². The van der Waals surface area contributed by atoms with Gasteiger partial charge in [0.15, 0.2) is 0 Å². The third kappa shape index (κ3) is 2.62. The summed E-state index contributed by atoms with van der Waals surface area (Å²) in [6.45, 7) is 6.82. The third-order valence-electron chi connectivity index (χ3n) is 2.77. The predicted octanol–water partition coefficient (Wildman–Crippen LogP) is 3.15. The molecular formula is C13H16BrN3O. The van der Waals surface area contributed by atoms with Crippen LogP contribution in [0.4, 0.5) is 0 Å². The van der Waals surface area contributed by atoms with E-state index in [0.717, 1.165) is 33.7 Å². The molecule has 0 amide bonds. The molecule has 1 unspecified atom stereocenters. The van der Waals surface area contributed by atoms with Crippen LogP contribution in [0.3, 0.4) is 0 Å². The Labute approximate surface area is 115 Å². The zero-order valence-electron chi connectivity index (χ0n) is 10.7. The van der Waals surface area contributed by atoms with Gasteiger partial charge in [0.25, 0.3) is 0 Å². The minimum absolute atomic E-state index is 0.00595. The van der Waals surface area contributed by atoms with Gasteiger partial charge in [-0.1, -0.05) is 6.92 Å². The second-order valence-corrected chi connectivity index (χ2v) is 5.00. The number of rotatable bonds is 4. The van der Waals surface area contributed by atoms with E-state index in [0.29, 0.717) is 0 Å². The Hall–Kier alpha value is -1.20. The van der Waals surface area contributed by atoms with E-state index in [-0.39, 0.29) is 6.04 Å². The van der Waals surface area contributed by atoms with Gasteiger partial charge in [0, 0.05) is 5.56 Å². The van der Waals surface area contributed by atoms with Crippen molar-refractivity contribution in [2.24, 2.45) is 0 Å². The largest absolute Gasteiger partial charge is 0.466 e. The maximum absolute atomic E-state index is 5.57. The molecule has 0 aliphatic carbocycles. The first-order valence-corrected chi connectivity index (χ1v) is 6.70. The second kappa shape index (κ2) is 5.63. The molecule has 4 nitrogen and oxygen atoms in total. The Morgan fingerprint density at radius 3 is 2.78 bits per heavy atom. The molecular weight excluding hydrogens is 294 g/mol. The van der Waals surface area contributed by atoms with Crippen LogP contribution in [0.1, 0.15) is 35.7 Å². The Balaban J connectivity index is 2.48. The van der Waals surface area contributed by atoms with Gasteiger partial charge in [-0.3, -0.25) is 0 Å². The zero-order valence-corrected chi connectivity index (χ0v) is 12.3. The standard InChI is InChI=1S/C13H16BrN3O/c1-4-15-12(13-11(14)5-6-18-13)10-7-8(2)16-17-9(10)3/h5-7,12,15H,4H2,1-3H3. The molecule has 96 valence electrons. The highest BCUT2D eigenvalue weighted by molar-refractivity contribution is 9.10. The zero-order chi connectivity index (χ0) is 13.1. The Bertz CT molecular complexity index is 539. The lowest BCUT2D eigenvalue weighted by atomic mass is 10.0. The minimum atomic E-state index is -0.00595. The lowest BCUT2D eigenvalue weighted by Gasteiger charge is -2.18. The lowest BCUT2D eigenvalue weighted by Crippen LogP contribution is -2.23. The van der Waals surface area contributed by atoms with Gasteiger partial charge in [-0.2, -0.15) is 10.2 Å². The summed E-state index contributed by atoms with van der Waals surface area (Å²) in [6, 6.07) is 3.94. The number of hydrogen-bond acceptors (Lipinski definition) is 4. The number of aryl methyl sites for hydroxylation is 2. The van der Waals surface area contributed by atoms with E-state index in [1.54, 1.807) is 6.26 Å². The monoisotopic (exact) mass is 309 g/mol. The first-order valence-electron chi connectivity index (χ1n) is 5.90. The molecule has 0 saturated carbocycles. The smallest absolute Gasteiger partial charge is 0.139 e. The quantitative estimate of drug-likeness (QED) is 0.942. The summed E-state index contributed by atoms with van der Waals surface area (Å²) in [5.41, 5.74) is 2.91. The SMILES string of the molecule is CCNC(c1cc(C)nnc1C)c1occc1Br. The average molecular weight is 310 g/mol. The number of nitrogens with zero attached hydrogens (tertiary/aromatic N) is 2. The van der Waals surface area contributed by atoms with Crippen LogP contribution in [0.15, 0.2) is 27.3 Å². The van der Waals surface area contributed by atoms with Crippen LogP contribution in [-0.2, 0) is 0 Å². The normalized spacial score (nSPS) is 12.7. The predicted molar refractivity (Wildman–Crippen MR) is 73.4 cm³/mol. The van der Waals surface area contributed by atoms with Crippen molar-refractivity contribution in [3.63, 3.8) is 0 Å². The number of nitrogens with one attached hydrogen (secondary N) is 1. The molecule has 2 rings (SSSR count). The molecule has 2 aromatic heterocycles.